The van der Waals surface area contributed by atoms with Gasteiger partial charge in [-0.15, -0.1) is 0 Å². The molecule has 1 aromatic heterocycles. The van der Waals surface area contributed by atoms with Gasteiger partial charge in [-0.1, -0.05) is 27.2 Å². The van der Waals surface area contributed by atoms with Crippen molar-refractivity contribution in [2.45, 2.75) is 0 Å². The van der Waals surface area contributed by atoms with Crippen LogP contribution in [0.15, 0.2) is 40.1 Å². The first-order valence-corrected chi connectivity index (χ1v) is 6.39. The number of benzene rings is 1. The molecule has 0 unspecified atom stereocenters. The van der Waals surface area contributed by atoms with E-state index in [1.54, 1.807) is 25.2 Å². The standard InChI is InChI=1S/C12H12BrN5O2/c1-18-11(9(6-15-18)10(14)17-20)16-12(19)7-3-2-4-8(13)5-7/h2-6,20H,1H3,(H2,14,17)(H,16,19). The lowest BCUT2D eigenvalue weighted by Gasteiger charge is -2.08. The predicted molar refractivity (Wildman–Crippen MR) is 77.8 cm³/mol. The molecule has 7 nitrogen and oxygen atoms in total. The summed E-state index contributed by atoms with van der Waals surface area (Å²) >= 11 is 3.30. The number of rotatable bonds is 3. The topological polar surface area (TPSA) is 106 Å². The second-order valence-electron chi connectivity index (χ2n) is 3.98. The van der Waals surface area contributed by atoms with Gasteiger partial charge in [-0.05, 0) is 18.2 Å². The van der Waals surface area contributed by atoms with E-state index in [-0.39, 0.29) is 11.7 Å². The zero-order chi connectivity index (χ0) is 14.7. The average Bonchev–Trinajstić information content (AvgIpc) is 2.79. The second kappa shape index (κ2) is 5.74. The quantitative estimate of drug-likeness (QED) is 0.341. The molecule has 0 aliphatic carbocycles. The van der Waals surface area contributed by atoms with Crippen LogP contribution in [0.5, 0.6) is 0 Å². The number of amidine groups is 1. The van der Waals surface area contributed by atoms with E-state index in [2.05, 4.69) is 31.5 Å². The molecule has 1 heterocycles. The summed E-state index contributed by atoms with van der Waals surface area (Å²) in [6, 6.07) is 6.95. The summed E-state index contributed by atoms with van der Waals surface area (Å²) in [5.41, 5.74) is 6.36. The largest absolute Gasteiger partial charge is 0.409 e. The van der Waals surface area contributed by atoms with E-state index in [9.17, 15) is 4.79 Å². The van der Waals surface area contributed by atoms with Crippen LogP contribution in [0.25, 0.3) is 0 Å². The molecule has 0 bridgehead atoms. The van der Waals surface area contributed by atoms with Crippen molar-refractivity contribution in [1.82, 2.24) is 9.78 Å². The summed E-state index contributed by atoms with van der Waals surface area (Å²) in [5.74, 6) is -0.0881. The highest BCUT2D eigenvalue weighted by Gasteiger charge is 2.16. The molecular weight excluding hydrogens is 326 g/mol. The fourth-order valence-corrected chi connectivity index (χ4v) is 2.04. The zero-order valence-electron chi connectivity index (χ0n) is 10.5. The third-order valence-electron chi connectivity index (χ3n) is 2.64. The molecule has 0 aliphatic rings. The Morgan fingerprint density at radius 1 is 1.55 bits per heavy atom. The highest BCUT2D eigenvalue weighted by atomic mass is 79.9. The molecule has 0 spiro atoms. The Labute approximate surface area is 123 Å². The Kier molecular flexibility index (Phi) is 4.04. The Hall–Kier alpha value is -2.35. The first kappa shape index (κ1) is 14.1. The number of carbonyl (C=O) groups is 1. The van der Waals surface area contributed by atoms with Gasteiger partial charge < -0.3 is 16.3 Å². The lowest BCUT2D eigenvalue weighted by Crippen LogP contribution is -2.20. The first-order chi connectivity index (χ1) is 9.52. The van der Waals surface area contributed by atoms with Gasteiger partial charge >= 0.3 is 0 Å². The molecule has 0 saturated carbocycles. The Morgan fingerprint density at radius 3 is 2.95 bits per heavy atom. The maximum absolute atomic E-state index is 12.2. The molecular formula is C12H12BrN5O2. The zero-order valence-corrected chi connectivity index (χ0v) is 12.1. The van der Waals surface area contributed by atoms with E-state index in [0.29, 0.717) is 16.9 Å². The number of aromatic nitrogens is 2. The van der Waals surface area contributed by atoms with Crippen LogP contribution >= 0.6 is 15.9 Å². The number of halogens is 1. The summed E-state index contributed by atoms with van der Waals surface area (Å²) in [6.45, 7) is 0. The van der Waals surface area contributed by atoms with E-state index in [1.807, 2.05) is 6.07 Å². The number of anilines is 1. The Morgan fingerprint density at radius 2 is 2.30 bits per heavy atom. The number of nitrogens with zero attached hydrogens (tertiary/aromatic N) is 3. The summed E-state index contributed by atoms with van der Waals surface area (Å²) in [5, 5.41) is 18.3. The first-order valence-electron chi connectivity index (χ1n) is 5.59. The van der Waals surface area contributed by atoms with Crippen molar-refractivity contribution in [1.29, 1.82) is 0 Å². The molecule has 2 rings (SSSR count). The van der Waals surface area contributed by atoms with Crippen molar-refractivity contribution in [3.63, 3.8) is 0 Å². The van der Waals surface area contributed by atoms with Crippen LogP contribution < -0.4 is 11.1 Å². The molecule has 0 radical (unpaired) electrons. The minimum absolute atomic E-state index is 0.123. The van der Waals surface area contributed by atoms with Gasteiger partial charge in [0.25, 0.3) is 5.91 Å². The van der Waals surface area contributed by atoms with Crippen molar-refractivity contribution < 1.29 is 10.0 Å². The minimum atomic E-state index is -0.318. The molecule has 104 valence electrons. The molecule has 0 atom stereocenters. The lowest BCUT2D eigenvalue weighted by atomic mass is 10.2. The second-order valence-corrected chi connectivity index (χ2v) is 4.90. The third-order valence-corrected chi connectivity index (χ3v) is 3.13. The molecule has 1 aromatic carbocycles. The van der Waals surface area contributed by atoms with Gasteiger partial charge in [0.05, 0.1) is 11.8 Å². The van der Waals surface area contributed by atoms with Crippen LogP contribution in [0.3, 0.4) is 0 Å². The summed E-state index contributed by atoms with van der Waals surface area (Å²) < 4.78 is 2.23. The summed E-state index contributed by atoms with van der Waals surface area (Å²) in [6.07, 6.45) is 1.41. The highest BCUT2D eigenvalue weighted by Crippen LogP contribution is 2.17. The predicted octanol–water partition coefficient (Wildman–Crippen LogP) is 1.53. The highest BCUT2D eigenvalue weighted by molar-refractivity contribution is 9.10. The SMILES string of the molecule is Cn1ncc(C(N)=NO)c1NC(=O)c1cccc(Br)c1. The summed E-state index contributed by atoms with van der Waals surface area (Å²) in [4.78, 5) is 12.2. The normalized spacial score (nSPS) is 11.4. The fraction of sp³-hybridized carbons (Fsp3) is 0.0833. The molecule has 0 fully saturated rings. The number of carbonyl (C=O) groups excluding carboxylic acids is 1. The molecule has 4 N–H and O–H groups in total. The van der Waals surface area contributed by atoms with Gasteiger partial charge in [-0.25, -0.2) is 0 Å². The summed E-state index contributed by atoms with van der Waals surface area (Å²) in [7, 11) is 1.64. The number of nitrogens with one attached hydrogen (secondary N) is 1. The van der Waals surface area contributed by atoms with Crippen molar-refractivity contribution in [3.8, 4) is 0 Å². The molecule has 0 saturated heterocycles. The van der Waals surface area contributed by atoms with Crippen LogP contribution in [-0.4, -0.2) is 26.7 Å². The van der Waals surface area contributed by atoms with Crippen molar-refractivity contribution in [2.24, 2.45) is 17.9 Å². The molecule has 1 amide bonds. The number of oxime groups is 1. The fourth-order valence-electron chi connectivity index (χ4n) is 1.64. The van der Waals surface area contributed by atoms with Gasteiger partial charge in [0.1, 0.15) is 5.82 Å². The maximum atomic E-state index is 12.2. The number of hydrogen-bond acceptors (Lipinski definition) is 4. The number of amides is 1. The number of nitrogens with two attached hydrogens (primary N) is 1. The van der Waals surface area contributed by atoms with Gasteiger partial charge in [0.15, 0.2) is 5.84 Å². The molecule has 8 heteroatoms. The van der Waals surface area contributed by atoms with Crippen LogP contribution in [0, 0.1) is 0 Å². The maximum Gasteiger partial charge on any atom is 0.256 e. The van der Waals surface area contributed by atoms with E-state index < -0.39 is 0 Å². The van der Waals surface area contributed by atoms with Crippen molar-refractivity contribution >= 4 is 33.5 Å². The van der Waals surface area contributed by atoms with Crippen molar-refractivity contribution in [2.75, 3.05) is 5.32 Å². The number of aryl methyl sites for hydroxylation is 1. The molecule has 0 aliphatic heterocycles. The van der Waals surface area contributed by atoms with E-state index in [1.165, 1.54) is 10.9 Å². The van der Waals surface area contributed by atoms with Gasteiger partial charge in [0, 0.05) is 17.1 Å². The van der Waals surface area contributed by atoms with Crippen molar-refractivity contribution in [3.05, 3.63) is 46.1 Å². The van der Waals surface area contributed by atoms with E-state index >= 15 is 0 Å². The minimum Gasteiger partial charge on any atom is -0.409 e. The van der Waals surface area contributed by atoms with Crippen LogP contribution in [0.1, 0.15) is 15.9 Å². The Balaban J connectivity index is 2.31. The smallest absolute Gasteiger partial charge is 0.256 e. The lowest BCUT2D eigenvalue weighted by molar-refractivity contribution is 0.102. The van der Waals surface area contributed by atoms with Crippen LogP contribution in [-0.2, 0) is 7.05 Å². The van der Waals surface area contributed by atoms with Crippen LogP contribution in [0.2, 0.25) is 0 Å². The monoisotopic (exact) mass is 337 g/mol. The van der Waals surface area contributed by atoms with E-state index in [4.69, 9.17) is 10.9 Å². The van der Waals surface area contributed by atoms with Crippen LogP contribution in [0.4, 0.5) is 5.82 Å². The third kappa shape index (κ3) is 2.80. The number of hydrogen-bond donors (Lipinski definition) is 3. The van der Waals surface area contributed by atoms with Gasteiger partial charge in [0.2, 0.25) is 0 Å². The van der Waals surface area contributed by atoms with E-state index in [0.717, 1.165) is 4.47 Å². The van der Waals surface area contributed by atoms with Gasteiger partial charge in [-0.3, -0.25) is 9.48 Å². The Bertz CT molecular complexity index is 680. The molecule has 2 aromatic rings. The average molecular weight is 338 g/mol. The van der Waals surface area contributed by atoms with Gasteiger partial charge in [-0.2, -0.15) is 5.10 Å². The molecule has 20 heavy (non-hydrogen) atoms.